The van der Waals surface area contributed by atoms with Crippen molar-refractivity contribution >= 4 is 17.5 Å². The molecule has 5 nitrogen and oxygen atoms in total. The zero-order valence-corrected chi connectivity index (χ0v) is 12.1. The van der Waals surface area contributed by atoms with E-state index in [-0.39, 0.29) is 5.91 Å². The van der Waals surface area contributed by atoms with Crippen LogP contribution in [0.25, 0.3) is 0 Å². The minimum absolute atomic E-state index is 0.256. The van der Waals surface area contributed by atoms with Crippen molar-refractivity contribution in [3.05, 3.63) is 36.9 Å². The summed E-state index contributed by atoms with van der Waals surface area (Å²) in [5.74, 6) is -0.165. The number of rotatable bonds is 6. The molecular weight excluding hydrogens is 256 g/mol. The van der Waals surface area contributed by atoms with Crippen molar-refractivity contribution < 1.29 is 14.3 Å². The highest BCUT2D eigenvalue weighted by Gasteiger charge is 2.35. The molecule has 0 unspecified atom stereocenters. The molecule has 0 atom stereocenters. The molecule has 0 saturated heterocycles. The second kappa shape index (κ2) is 6.23. The molecule has 0 fully saturated rings. The van der Waals surface area contributed by atoms with Gasteiger partial charge in [0.05, 0.1) is 0 Å². The fourth-order valence-electron chi connectivity index (χ4n) is 1.85. The highest BCUT2D eigenvalue weighted by atomic mass is 16.5. The minimum atomic E-state index is -1.10. The van der Waals surface area contributed by atoms with Crippen molar-refractivity contribution in [2.75, 3.05) is 11.5 Å². The van der Waals surface area contributed by atoms with Gasteiger partial charge in [0.2, 0.25) is 11.8 Å². The largest absolute Gasteiger partial charge is 0.490 e. The van der Waals surface area contributed by atoms with Crippen LogP contribution in [0, 0.1) is 0 Å². The third kappa shape index (κ3) is 3.38. The average Bonchev–Trinajstić information content (AvgIpc) is 2.37. The Morgan fingerprint density at radius 2 is 1.90 bits per heavy atom. The molecule has 0 aromatic heterocycles. The third-order valence-electron chi connectivity index (χ3n) is 2.94. The molecule has 5 heteroatoms. The van der Waals surface area contributed by atoms with Crippen molar-refractivity contribution in [2.45, 2.75) is 26.3 Å². The first-order valence-corrected chi connectivity index (χ1v) is 6.25. The Hall–Kier alpha value is -2.30. The molecule has 1 rings (SSSR count). The first-order valence-electron chi connectivity index (χ1n) is 6.25. The number of hydrogen-bond acceptors (Lipinski definition) is 3. The number of amides is 2. The van der Waals surface area contributed by atoms with Crippen LogP contribution >= 0.6 is 0 Å². The normalized spacial score (nSPS) is 10.8. The summed E-state index contributed by atoms with van der Waals surface area (Å²) < 4.78 is 5.37. The van der Waals surface area contributed by atoms with Gasteiger partial charge in [0, 0.05) is 12.6 Å². The zero-order chi connectivity index (χ0) is 15.3. The summed E-state index contributed by atoms with van der Waals surface area (Å²) in [5, 5.41) is 0. The molecule has 0 aliphatic carbocycles. The van der Waals surface area contributed by atoms with Gasteiger partial charge in [-0.15, -0.1) is 0 Å². The van der Waals surface area contributed by atoms with Gasteiger partial charge in [-0.1, -0.05) is 12.7 Å². The predicted molar refractivity (Wildman–Crippen MR) is 78.6 cm³/mol. The molecular formula is C15H20N2O3. The molecule has 0 aliphatic heterocycles. The van der Waals surface area contributed by atoms with E-state index in [1.807, 2.05) is 0 Å². The van der Waals surface area contributed by atoms with Crippen LogP contribution in [0.5, 0.6) is 5.75 Å². The molecule has 2 N–H and O–H groups in total. The van der Waals surface area contributed by atoms with Gasteiger partial charge in [-0.05, 0) is 38.1 Å². The first kappa shape index (κ1) is 15.8. The topological polar surface area (TPSA) is 72.6 Å². The monoisotopic (exact) mass is 276 g/mol. The number of carbonyl (C=O) groups excluding carboxylic acids is 2. The van der Waals surface area contributed by atoms with E-state index in [2.05, 4.69) is 6.58 Å². The van der Waals surface area contributed by atoms with Crippen molar-refractivity contribution in [1.29, 1.82) is 0 Å². The lowest BCUT2D eigenvalue weighted by molar-refractivity contribution is -0.126. The van der Waals surface area contributed by atoms with E-state index in [0.717, 1.165) is 0 Å². The summed E-state index contributed by atoms with van der Waals surface area (Å²) >= 11 is 0. The molecule has 1 aromatic rings. The Kier molecular flexibility index (Phi) is 4.91. The average molecular weight is 276 g/mol. The van der Waals surface area contributed by atoms with Crippen molar-refractivity contribution in [3.8, 4) is 5.75 Å². The van der Waals surface area contributed by atoms with Gasteiger partial charge in [0.25, 0.3) is 0 Å². The molecule has 0 aliphatic rings. The summed E-state index contributed by atoms with van der Waals surface area (Å²) in [6.45, 7) is 8.59. The summed E-state index contributed by atoms with van der Waals surface area (Å²) in [6, 6.07) is 6.88. The van der Waals surface area contributed by atoms with Gasteiger partial charge in [-0.3, -0.25) is 14.5 Å². The second-order valence-corrected chi connectivity index (χ2v) is 4.87. The van der Waals surface area contributed by atoms with Gasteiger partial charge in [0.15, 0.2) is 0 Å². The summed E-state index contributed by atoms with van der Waals surface area (Å²) in [6.07, 6.45) is 1.64. The SMILES string of the molecule is C=CCOc1ccc(N(C(C)=O)C(C)(C)C(N)=O)cc1. The molecule has 108 valence electrons. The van der Waals surface area contributed by atoms with E-state index in [9.17, 15) is 9.59 Å². The number of ether oxygens (including phenoxy) is 1. The van der Waals surface area contributed by atoms with E-state index in [0.29, 0.717) is 18.0 Å². The molecule has 0 heterocycles. The molecule has 20 heavy (non-hydrogen) atoms. The predicted octanol–water partition coefficient (Wildman–Crippen LogP) is 1.87. The minimum Gasteiger partial charge on any atom is -0.490 e. The summed E-state index contributed by atoms with van der Waals surface area (Å²) in [5.41, 5.74) is 4.86. The lowest BCUT2D eigenvalue weighted by Crippen LogP contribution is -2.55. The number of nitrogens with two attached hydrogens (primary N) is 1. The van der Waals surface area contributed by atoms with Crippen LogP contribution < -0.4 is 15.4 Å². The van der Waals surface area contributed by atoms with Crippen LogP contribution in [-0.2, 0) is 9.59 Å². The fourth-order valence-corrected chi connectivity index (χ4v) is 1.85. The van der Waals surface area contributed by atoms with Gasteiger partial charge >= 0.3 is 0 Å². The van der Waals surface area contributed by atoms with E-state index in [1.165, 1.54) is 11.8 Å². The van der Waals surface area contributed by atoms with Crippen molar-refractivity contribution in [2.24, 2.45) is 5.73 Å². The van der Waals surface area contributed by atoms with Crippen LogP contribution in [0.1, 0.15) is 20.8 Å². The van der Waals surface area contributed by atoms with E-state index in [1.54, 1.807) is 44.2 Å². The van der Waals surface area contributed by atoms with E-state index >= 15 is 0 Å². The van der Waals surface area contributed by atoms with Gasteiger partial charge in [-0.2, -0.15) is 0 Å². The molecule has 1 aromatic carbocycles. The number of carbonyl (C=O) groups is 2. The second-order valence-electron chi connectivity index (χ2n) is 4.87. The lowest BCUT2D eigenvalue weighted by Gasteiger charge is -2.35. The van der Waals surface area contributed by atoms with Crippen molar-refractivity contribution in [3.63, 3.8) is 0 Å². The maximum Gasteiger partial charge on any atom is 0.243 e. The van der Waals surface area contributed by atoms with Crippen LogP contribution in [0.15, 0.2) is 36.9 Å². The molecule has 0 spiro atoms. The summed E-state index contributed by atoms with van der Waals surface area (Å²) in [7, 11) is 0. The van der Waals surface area contributed by atoms with E-state index in [4.69, 9.17) is 10.5 Å². The third-order valence-corrected chi connectivity index (χ3v) is 2.94. The highest BCUT2D eigenvalue weighted by Crippen LogP contribution is 2.26. The Bertz CT molecular complexity index is 506. The smallest absolute Gasteiger partial charge is 0.243 e. The highest BCUT2D eigenvalue weighted by molar-refractivity contribution is 6.01. The standard InChI is InChI=1S/C15H20N2O3/c1-5-10-20-13-8-6-12(7-9-13)17(11(2)18)15(3,4)14(16)19/h5-9H,1,10H2,2-4H3,(H2,16,19). The lowest BCUT2D eigenvalue weighted by atomic mass is 10.0. The maximum atomic E-state index is 11.8. The molecule has 2 amide bonds. The number of hydrogen-bond donors (Lipinski definition) is 1. The molecule has 0 bridgehead atoms. The van der Waals surface area contributed by atoms with Crippen LogP contribution in [0.3, 0.4) is 0 Å². The fraction of sp³-hybridized carbons (Fsp3) is 0.333. The Labute approximate surface area is 119 Å². The van der Waals surface area contributed by atoms with Crippen molar-refractivity contribution in [1.82, 2.24) is 0 Å². The van der Waals surface area contributed by atoms with Gasteiger partial charge in [-0.25, -0.2) is 0 Å². The van der Waals surface area contributed by atoms with Crippen LogP contribution in [0.4, 0.5) is 5.69 Å². The Morgan fingerprint density at radius 1 is 1.35 bits per heavy atom. The Morgan fingerprint density at radius 3 is 2.30 bits per heavy atom. The van der Waals surface area contributed by atoms with E-state index < -0.39 is 11.4 Å². The first-order chi connectivity index (χ1) is 9.30. The number of benzene rings is 1. The number of anilines is 1. The quantitative estimate of drug-likeness (QED) is 0.806. The van der Waals surface area contributed by atoms with Crippen LogP contribution in [0.2, 0.25) is 0 Å². The zero-order valence-electron chi connectivity index (χ0n) is 12.1. The van der Waals surface area contributed by atoms with Crippen LogP contribution in [-0.4, -0.2) is 24.0 Å². The summed E-state index contributed by atoms with van der Waals surface area (Å²) in [4.78, 5) is 24.7. The maximum absolute atomic E-state index is 11.8. The van der Waals surface area contributed by atoms with Gasteiger partial charge in [0.1, 0.15) is 17.9 Å². The Balaban J connectivity index is 3.08. The molecule has 0 radical (unpaired) electrons. The number of primary amides is 1. The van der Waals surface area contributed by atoms with Gasteiger partial charge < -0.3 is 10.5 Å². The molecule has 0 saturated carbocycles. The number of nitrogens with zero attached hydrogens (tertiary/aromatic N) is 1.